The van der Waals surface area contributed by atoms with E-state index in [4.69, 9.17) is 4.74 Å². The lowest BCUT2D eigenvalue weighted by Gasteiger charge is -2.56. The highest BCUT2D eigenvalue weighted by Crippen LogP contribution is 2.66. The minimum atomic E-state index is -1.05. The van der Waals surface area contributed by atoms with E-state index in [1.54, 1.807) is 0 Å². The van der Waals surface area contributed by atoms with E-state index in [2.05, 4.69) is 79.4 Å². The molecule has 0 spiro atoms. The number of ether oxygens (including phenoxy) is 1. The monoisotopic (exact) mass is 500 g/mol. The molecule has 38 heavy (non-hydrogen) atoms. The van der Waals surface area contributed by atoms with Crippen molar-refractivity contribution in [3.8, 4) is 6.07 Å². The fraction of sp³-hybridized carbons (Fsp3) is 0.353. The summed E-state index contributed by atoms with van der Waals surface area (Å²) >= 11 is 0. The van der Waals surface area contributed by atoms with Crippen LogP contribution in [0.15, 0.2) is 84.6 Å². The quantitative estimate of drug-likeness (QED) is 0.422. The molecule has 0 aromatic heterocycles. The van der Waals surface area contributed by atoms with E-state index in [-0.39, 0.29) is 23.8 Å². The van der Waals surface area contributed by atoms with E-state index in [9.17, 15) is 5.26 Å². The molecule has 3 aromatic carbocycles. The first-order valence-corrected chi connectivity index (χ1v) is 14.0. The summed E-state index contributed by atoms with van der Waals surface area (Å²) < 4.78 is 6.65. The Morgan fingerprint density at radius 3 is 2.16 bits per heavy atom. The summed E-state index contributed by atoms with van der Waals surface area (Å²) in [7, 11) is 0. The van der Waals surface area contributed by atoms with Crippen molar-refractivity contribution in [1.82, 2.24) is 4.90 Å². The molecule has 3 aromatic rings. The van der Waals surface area contributed by atoms with Crippen LogP contribution >= 0.6 is 0 Å². The number of carbonyl (C=O) groups is 1. The molecule has 0 radical (unpaired) electrons. The highest BCUT2D eigenvalue weighted by atomic mass is 16.5. The van der Waals surface area contributed by atoms with Crippen molar-refractivity contribution in [2.45, 2.75) is 61.8 Å². The van der Waals surface area contributed by atoms with E-state index in [0.29, 0.717) is 6.61 Å². The van der Waals surface area contributed by atoms with Crippen molar-refractivity contribution in [3.05, 3.63) is 118 Å². The minimum Gasteiger partial charge on any atom is -0.497 e. The summed E-state index contributed by atoms with van der Waals surface area (Å²) in [5, 5.41) is 11.2. The molecule has 4 nitrogen and oxygen atoms in total. The fourth-order valence-corrected chi connectivity index (χ4v) is 7.99. The topological polar surface area (TPSA) is 53.3 Å². The van der Waals surface area contributed by atoms with Gasteiger partial charge >= 0.3 is 0 Å². The zero-order chi connectivity index (χ0) is 26.1. The average molecular weight is 501 g/mol. The molecule has 3 atom stereocenters. The molecular formula is C34H32N2O2. The maximum Gasteiger partial charge on any atom is 0.242 e. The molecular weight excluding hydrogens is 468 g/mol. The molecule has 8 rings (SSSR count). The molecule has 1 aliphatic heterocycles. The van der Waals surface area contributed by atoms with E-state index in [1.165, 1.54) is 0 Å². The Balaban J connectivity index is 1.67. The van der Waals surface area contributed by atoms with Crippen LogP contribution in [-0.4, -0.2) is 30.0 Å². The molecule has 1 heterocycles. The molecule has 1 amide bonds. The minimum absolute atomic E-state index is 0.122. The number of amides is 1. The third-order valence-corrected chi connectivity index (χ3v) is 9.51. The standard InChI is InChI=1S/C34H32N2O2/c1-3-19-38-30-20-29-23-12-4-9-17-28(23)34(30,32(37)36-18-10-11-22(36)2)31-24-13-5-7-15-26(24)33(29,21-35)27-16-8-6-14-25(27)31/h4-9,12-17,20,22,29,31H,3,10-11,18-19H2,1-2H3/t22-,29?,31?,33?,34?/m1/s1. The van der Waals surface area contributed by atoms with E-state index in [1.807, 2.05) is 24.3 Å². The normalized spacial score (nSPS) is 29.9. The first kappa shape index (κ1) is 23.3. The fourth-order valence-electron chi connectivity index (χ4n) is 7.99. The number of hydrogen-bond acceptors (Lipinski definition) is 3. The number of nitrogens with zero attached hydrogens (tertiary/aromatic N) is 2. The molecule has 4 aliphatic carbocycles. The van der Waals surface area contributed by atoms with Crippen molar-refractivity contribution < 1.29 is 9.53 Å². The molecule has 1 saturated heterocycles. The van der Waals surface area contributed by atoms with Crippen LogP contribution in [0, 0.1) is 11.3 Å². The summed E-state index contributed by atoms with van der Waals surface area (Å²) in [6, 6.07) is 28.0. The molecule has 0 N–H and O–H groups in total. The van der Waals surface area contributed by atoms with Crippen molar-refractivity contribution in [3.63, 3.8) is 0 Å². The summed E-state index contributed by atoms with van der Waals surface area (Å²) in [6.45, 7) is 5.55. The van der Waals surface area contributed by atoms with Gasteiger partial charge in [-0.2, -0.15) is 5.26 Å². The van der Waals surface area contributed by atoms with Gasteiger partial charge in [0.25, 0.3) is 0 Å². The summed E-state index contributed by atoms with van der Waals surface area (Å²) in [5.41, 5.74) is 4.26. The first-order chi connectivity index (χ1) is 18.6. The Kier molecular flexibility index (Phi) is 5.11. The number of hydrogen-bond donors (Lipinski definition) is 0. The number of benzene rings is 3. The van der Waals surface area contributed by atoms with Crippen molar-refractivity contribution in [2.24, 2.45) is 0 Å². The van der Waals surface area contributed by atoms with Gasteiger partial charge in [-0.15, -0.1) is 0 Å². The van der Waals surface area contributed by atoms with Gasteiger partial charge in [0.1, 0.15) is 16.6 Å². The summed E-state index contributed by atoms with van der Waals surface area (Å²) in [4.78, 5) is 17.4. The van der Waals surface area contributed by atoms with Gasteiger partial charge in [-0.25, -0.2) is 0 Å². The number of allylic oxidation sites excluding steroid dienone is 1. The molecule has 0 saturated carbocycles. The van der Waals surface area contributed by atoms with E-state index >= 15 is 4.79 Å². The van der Waals surface area contributed by atoms with Crippen molar-refractivity contribution in [2.75, 3.05) is 13.2 Å². The second-order valence-corrected chi connectivity index (χ2v) is 11.3. The lowest BCUT2D eigenvalue weighted by molar-refractivity contribution is -0.139. The molecule has 190 valence electrons. The molecule has 4 heteroatoms. The van der Waals surface area contributed by atoms with Gasteiger partial charge in [-0.05, 0) is 65.6 Å². The molecule has 5 aliphatic rings. The lowest BCUT2D eigenvalue weighted by Crippen LogP contribution is -2.59. The van der Waals surface area contributed by atoms with Crippen LogP contribution < -0.4 is 0 Å². The van der Waals surface area contributed by atoms with E-state index < -0.39 is 10.8 Å². The largest absolute Gasteiger partial charge is 0.497 e. The Labute approximate surface area is 224 Å². The predicted octanol–water partition coefficient (Wildman–Crippen LogP) is 6.31. The van der Waals surface area contributed by atoms with Crippen LogP contribution in [0.3, 0.4) is 0 Å². The SMILES string of the molecule is CCCOC1=CC2c3ccccc3C1(C(=O)N1CCC[C@H]1C)C1c3ccccc3C2(C#N)c2ccccc21. The average Bonchev–Trinajstić information content (AvgIpc) is 3.38. The van der Waals surface area contributed by atoms with Gasteiger partial charge in [0.15, 0.2) is 0 Å². The van der Waals surface area contributed by atoms with Gasteiger partial charge < -0.3 is 9.64 Å². The second kappa shape index (κ2) is 8.33. The zero-order valence-electron chi connectivity index (χ0n) is 22.0. The van der Waals surface area contributed by atoms with Crippen LogP contribution in [0.4, 0.5) is 0 Å². The third kappa shape index (κ3) is 2.67. The van der Waals surface area contributed by atoms with E-state index in [0.717, 1.165) is 64.9 Å². The van der Waals surface area contributed by atoms with Crippen molar-refractivity contribution >= 4 is 5.91 Å². The maximum absolute atomic E-state index is 15.3. The number of carbonyl (C=O) groups excluding carboxylic acids is 1. The maximum atomic E-state index is 15.3. The number of likely N-dealkylation sites (tertiary alicyclic amines) is 1. The van der Waals surface area contributed by atoms with Gasteiger partial charge in [-0.3, -0.25) is 4.79 Å². The van der Waals surface area contributed by atoms with Crippen molar-refractivity contribution in [1.29, 1.82) is 5.26 Å². The molecule has 4 bridgehead atoms. The number of nitriles is 1. The highest BCUT2D eigenvalue weighted by Gasteiger charge is 2.66. The zero-order valence-corrected chi connectivity index (χ0v) is 22.0. The first-order valence-electron chi connectivity index (χ1n) is 14.0. The molecule has 1 fully saturated rings. The second-order valence-electron chi connectivity index (χ2n) is 11.3. The molecule has 2 unspecified atom stereocenters. The highest BCUT2D eigenvalue weighted by molar-refractivity contribution is 5.97. The van der Waals surface area contributed by atoms with Gasteiger partial charge in [0.05, 0.1) is 12.7 Å². The summed E-state index contributed by atoms with van der Waals surface area (Å²) in [5.74, 6) is 0.260. The Bertz CT molecular complexity index is 1480. The summed E-state index contributed by atoms with van der Waals surface area (Å²) in [6.07, 6.45) is 5.02. The van der Waals surface area contributed by atoms with Crippen LogP contribution in [-0.2, 0) is 20.4 Å². The Hall–Kier alpha value is -3.84. The van der Waals surface area contributed by atoms with Crippen LogP contribution in [0.25, 0.3) is 0 Å². The predicted molar refractivity (Wildman–Crippen MR) is 147 cm³/mol. The Morgan fingerprint density at radius 1 is 0.974 bits per heavy atom. The smallest absolute Gasteiger partial charge is 0.242 e. The van der Waals surface area contributed by atoms with Crippen LogP contribution in [0.2, 0.25) is 0 Å². The van der Waals surface area contributed by atoms with Gasteiger partial charge in [-0.1, -0.05) is 79.7 Å². The lowest BCUT2D eigenvalue weighted by atomic mass is 9.45. The third-order valence-electron chi connectivity index (χ3n) is 9.51. The van der Waals surface area contributed by atoms with Crippen LogP contribution in [0.5, 0.6) is 0 Å². The number of rotatable bonds is 4. The van der Waals surface area contributed by atoms with Gasteiger partial charge in [0.2, 0.25) is 5.91 Å². The Morgan fingerprint density at radius 2 is 1.58 bits per heavy atom. The van der Waals surface area contributed by atoms with Crippen LogP contribution in [0.1, 0.15) is 78.3 Å². The van der Waals surface area contributed by atoms with Gasteiger partial charge in [0, 0.05) is 24.4 Å².